The molecule has 0 spiro atoms. The average Bonchev–Trinajstić information content (AvgIpc) is 2.17. The fourth-order valence-corrected chi connectivity index (χ4v) is 1.30. The second-order valence-corrected chi connectivity index (χ2v) is 2.54. The summed E-state index contributed by atoms with van der Waals surface area (Å²) in [6, 6.07) is 0. The van der Waals surface area contributed by atoms with Crippen LogP contribution in [0.2, 0.25) is 0 Å². The molecule has 0 aromatic carbocycles. The normalized spacial score (nSPS) is 35.3. The van der Waals surface area contributed by atoms with Gasteiger partial charge in [0.2, 0.25) is 0 Å². The summed E-state index contributed by atoms with van der Waals surface area (Å²) in [5, 5.41) is 9.05. The Labute approximate surface area is 55.8 Å². The van der Waals surface area contributed by atoms with E-state index < -0.39 is 0 Å². The Kier molecular flexibility index (Phi) is 2.49. The van der Waals surface area contributed by atoms with Crippen LogP contribution in [0.1, 0.15) is 26.2 Å². The highest BCUT2D eigenvalue weighted by atomic mass is 16.5. The lowest BCUT2D eigenvalue weighted by Gasteiger charge is -2.07. The number of ether oxygens (including phenoxy) is 1. The van der Waals surface area contributed by atoms with Gasteiger partial charge < -0.3 is 9.84 Å². The molecule has 1 aliphatic rings. The molecule has 0 aliphatic heterocycles. The van der Waals surface area contributed by atoms with Crippen molar-refractivity contribution >= 4 is 0 Å². The summed E-state index contributed by atoms with van der Waals surface area (Å²) in [5.74, 6) is 0. The molecular weight excluding hydrogens is 116 g/mol. The fraction of sp³-hybridized carbons (Fsp3) is 1.00. The maximum atomic E-state index is 9.05. The van der Waals surface area contributed by atoms with Crippen LogP contribution in [0.4, 0.5) is 0 Å². The van der Waals surface area contributed by atoms with Gasteiger partial charge in [-0.3, -0.25) is 0 Å². The zero-order valence-electron chi connectivity index (χ0n) is 5.84. The summed E-state index contributed by atoms with van der Waals surface area (Å²) in [5.41, 5.74) is 0. The predicted octanol–water partition coefficient (Wildman–Crippen LogP) is 0.936. The molecule has 9 heavy (non-hydrogen) atoms. The molecule has 0 unspecified atom stereocenters. The SMILES string of the molecule is CCO[C@@H]1CC[C@H](O)C1. The highest BCUT2D eigenvalue weighted by molar-refractivity contribution is 4.74. The van der Waals surface area contributed by atoms with Crippen molar-refractivity contribution in [1.29, 1.82) is 0 Å². The van der Waals surface area contributed by atoms with E-state index in [9.17, 15) is 0 Å². The van der Waals surface area contributed by atoms with E-state index in [2.05, 4.69) is 0 Å². The first-order valence-electron chi connectivity index (χ1n) is 3.62. The zero-order valence-corrected chi connectivity index (χ0v) is 5.84. The minimum atomic E-state index is -0.0958. The summed E-state index contributed by atoms with van der Waals surface area (Å²) in [7, 11) is 0. The highest BCUT2D eigenvalue weighted by Crippen LogP contribution is 2.21. The summed E-state index contributed by atoms with van der Waals surface area (Å²) < 4.78 is 5.31. The molecule has 0 aromatic rings. The molecule has 1 N–H and O–H groups in total. The van der Waals surface area contributed by atoms with E-state index in [-0.39, 0.29) is 6.10 Å². The molecule has 2 nitrogen and oxygen atoms in total. The van der Waals surface area contributed by atoms with Gasteiger partial charge >= 0.3 is 0 Å². The Morgan fingerprint density at radius 2 is 2.33 bits per heavy atom. The van der Waals surface area contributed by atoms with E-state index in [0.717, 1.165) is 25.9 Å². The summed E-state index contributed by atoms with van der Waals surface area (Å²) in [6.07, 6.45) is 3.04. The first-order chi connectivity index (χ1) is 4.33. The topological polar surface area (TPSA) is 29.5 Å². The molecule has 1 saturated carbocycles. The number of rotatable bonds is 2. The van der Waals surface area contributed by atoms with Gasteiger partial charge in [-0.05, 0) is 26.2 Å². The number of aliphatic hydroxyl groups excluding tert-OH is 1. The summed E-state index contributed by atoms with van der Waals surface area (Å²) in [4.78, 5) is 0. The third kappa shape index (κ3) is 1.95. The van der Waals surface area contributed by atoms with Crippen LogP contribution in [0.25, 0.3) is 0 Å². The molecule has 0 heterocycles. The van der Waals surface area contributed by atoms with Crippen molar-refractivity contribution in [3.8, 4) is 0 Å². The van der Waals surface area contributed by atoms with Gasteiger partial charge in [0.15, 0.2) is 0 Å². The molecule has 0 aromatic heterocycles. The van der Waals surface area contributed by atoms with Crippen LogP contribution in [0.15, 0.2) is 0 Å². The number of hydrogen-bond acceptors (Lipinski definition) is 2. The minimum absolute atomic E-state index is 0.0958. The van der Waals surface area contributed by atoms with Gasteiger partial charge in [-0.25, -0.2) is 0 Å². The van der Waals surface area contributed by atoms with Gasteiger partial charge in [-0.1, -0.05) is 0 Å². The Balaban J connectivity index is 2.14. The number of hydrogen-bond donors (Lipinski definition) is 1. The van der Waals surface area contributed by atoms with Crippen molar-refractivity contribution in [2.24, 2.45) is 0 Å². The van der Waals surface area contributed by atoms with Crippen molar-refractivity contribution in [2.45, 2.75) is 38.4 Å². The van der Waals surface area contributed by atoms with Crippen LogP contribution >= 0.6 is 0 Å². The lowest BCUT2D eigenvalue weighted by Crippen LogP contribution is -2.09. The second kappa shape index (κ2) is 3.18. The quantitative estimate of drug-likeness (QED) is 0.602. The maximum absolute atomic E-state index is 9.05. The molecule has 2 atom stereocenters. The molecule has 0 amide bonds. The molecular formula is C7H14O2. The average molecular weight is 130 g/mol. The van der Waals surface area contributed by atoms with E-state index in [1.54, 1.807) is 0 Å². The lowest BCUT2D eigenvalue weighted by atomic mass is 10.3. The Hall–Kier alpha value is -0.0800. The standard InChI is InChI=1S/C7H14O2/c1-2-9-7-4-3-6(8)5-7/h6-8H,2-5H2,1H3/t6-,7+/m0/s1. The van der Waals surface area contributed by atoms with Crippen LogP contribution in [-0.4, -0.2) is 23.9 Å². The highest BCUT2D eigenvalue weighted by Gasteiger charge is 2.22. The molecule has 0 radical (unpaired) electrons. The van der Waals surface area contributed by atoms with Gasteiger partial charge in [0.25, 0.3) is 0 Å². The van der Waals surface area contributed by atoms with E-state index in [4.69, 9.17) is 9.84 Å². The van der Waals surface area contributed by atoms with E-state index in [1.165, 1.54) is 0 Å². The Morgan fingerprint density at radius 1 is 1.56 bits per heavy atom. The molecule has 1 fully saturated rings. The van der Waals surface area contributed by atoms with Gasteiger partial charge in [-0.15, -0.1) is 0 Å². The molecule has 54 valence electrons. The maximum Gasteiger partial charge on any atom is 0.0600 e. The van der Waals surface area contributed by atoms with E-state index in [1.807, 2.05) is 6.92 Å². The van der Waals surface area contributed by atoms with Crippen molar-refractivity contribution in [3.05, 3.63) is 0 Å². The minimum Gasteiger partial charge on any atom is -0.393 e. The van der Waals surface area contributed by atoms with Crippen molar-refractivity contribution < 1.29 is 9.84 Å². The third-order valence-corrected chi connectivity index (χ3v) is 1.76. The molecule has 2 heteroatoms. The van der Waals surface area contributed by atoms with Crippen molar-refractivity contribution in [3.63, 3.8) is 0 Å². The smallest absolute Gasteiger partial charge is 0.0600 e. The van der Waals surface area contributed by atoms with Crippen LogP contribution in [-0.2, 0) is 4.74 Å². The largest absolute Gasteiger partial charge is 0.393 e. The van der Waals surface area contributed by atoms with Gasteiger partial charge in [0.05, 0.1) is 12.2 Å². The van der Waals surface area contributed by atoms with Crippen LogP contribution in [0.5, 0.6) is 0 Å². The molecule has 0 bridgehead atoms. The van der Waals surface area contributed by atoms with Crippen molar-refractivity contribution in [1.82, 2.24) is 0 Å². The van der Waals surface area contributed by atoms with Crippen LogP contribution < -0.4 is 0 Å². The third-order valence-electron chi connectivity index (χ3n) is 1.76. The summed E-state index contributed by atoms with van der Waals surface area (Å²) in [6.45, 7) is 2.77. The zero-order chi connectivity index (χ0) is 6.69. The first kappa shape index (κ1) is 7.03. The number of aliphatic hydroxyl groups is 1. The van der Waals surface area contributed by atoms with Crippen LogP contribution in [0.3, 0.4) is 0 Å². The summed E-state index contributed by atoms with van der Waals surface area (Å²) >= 11 is 0. The molecule has 1 aliphatic carbocycles. The van der Waals surface area contributed by atoms with Gasteiger partial charge in [-0.2, -0.15) is 0 Å². The van der Waals surface area contributed by atoms with Gasteiger partial charge in [0.1, 0.15) is 0 Å². The lowest BCUT2D eigenvalue weighted by molar-refractivity contribution is 0.0561. The molecule has 0 saturated heterocycles. The van der Waals surface area contributed by atoms with Crippen LogP contribution in [0, 0.1) is 0 Å². The van der Waals surface area contributed by atoms with E-state index in [0.29, 0.717) is 6.10 Å². The van der Waals surface area contributed by atoms with E-state index >= 15 is 0 Å². The second-order valence-electron chi connectivity index (χ2n) is 2.54. The van der Waals surface area contributed by atoms with Gasteiger partial charge in [0, 0.05) is 6.61 Å². The first-order valence-corrected chi connectivity index (χ1v) is 3.62. The molecule has 1 rings (SSSR count). The predicted molar refractivity (Wildman–Crippen MR) is 35.3 cm³/mol. The van der Waals surface area contributed by atoms with Crippen molar-refractivity contribution in [2.75, 3.05) is 6.61 Å². The Bertz CT molecular complexity index is 81.0. The fourth-order valence-electron chi connectivity index (χ4n) is 1.30. The monoisotopic (exact) mass is 130 g/mol. The Morgan fingerprint density at radius 3 is 2.78 bits per heavy atom.